The number of anilines is 2. The molecule has 1 aliphatic rings. The number of phenolic OH excluding ortho intramolecular Hbond substituents is 1. The summed E-state index contributed by atoms with van der Waals surface area (Å²) in [6.07, 6.45) is 7.55. The van der Waals surface area contributed by atoms with Crippen molar-refractivity contribution in [2.45, 2.75) is 39.7 Å². The molecular formula is C29H32Cl3N5O2. The number of carbonyl (C=O) groups excluding carboxylic acids is 1. The second-order valence-corrected chi connectivity index (χ2v) is 11.8. The molecule has 0 amide bonds. The number of likely N-dealkylation sites (tertiary alicyclic amines) is 1. The molecule has 1 aliphatic heterocycles. The van der Waals surface area contributed by atoms with Crippen molar-refractivity contribution in [3.63, 3.8) is 0 Å². The maximum Gasteiger partial charge on any atom is 0.171 e. The lowest BCUT2D eigenvalue weighted by Gasteiger charge is -2.28. The lowest BCUT2D eigenvalue weighted by Crippen LogP contribution is -2.31. The highest BCUT2D eigenvalue weighted by Crippen LogP contribution is 2.39. The molecule has 2 aromatic carbocycles. The fourth-order valence-corrected chi connectivity index (χ4v) is 5.31. The zero-order valence-corrected chi connectivity index (χ0v) is 24.7. The van der Waals surface area contributed by atoms with Gasteiger partial charge >= 0.3 is 0 Å². The number of aromatic hydroxyl groups is 1. The Bertz CT molecular complexity index is 1500. The van der Waals surface area contributed by atoms with Crippen LogP contribution in [0.3, 0.4) is 0 Å². The van der Waals surface area contributed by atoms with Crippen LogP contribution >= 0.6 is 35.6 Å². The quantitative estimate of drug-likeness (QED) is 0.232. The van der Waals surface area contributed by atoms with Gasteiger partial charge in [-0.05, 0) is 68.4 Å². The van der Waals surface area contributed by atoms with Crippen molar-refractivity contribution < 1.29 is 9.90 Å². The molecule has 0 spiro atoms. The van der Waals surface area contributed by atoms with Crippen LogP contribution < -0.4 is 5.32 Å². The summed E-state index contributed by atoms with van der Waals surface area (Å²) in [4.78, 5) is 20.5. The second kappa shape index (κ2) is 11.3. The third kappa shape index (κ3) is 6.02. The third-order valence-corrected chi connectivity index (χ3v) is 7.65. The van der Waals surface area contributed by atoms with Crippen LogP contribution in [0.15, 0.2) is 48.9 Å². The van der Waals surface area contributed by atoms with E-state index >= 15 is 0 Å². The van der Waals surface area contributed by atoms with Gasteiger partial charge in [-0.3, -0.25) is 14.5 Å². The first-order valence-electron chi connectivity index (χ1n) is 12.7. The van der Waals surface area contributed by atoms with Gasteiger partial charge in [-0.2, -0.15) is 5.10 Å². The molecule has 0 saturated carbocycles. The Kier molecular flexibility index (Phi) is 8.47. The Morgan fingerprint density at radius 1 is 1.05 bits per heavy atom. The highest BCUT2D eigenvalue weighted by molar-refractivity contribution is 6.37. The van der Waals surface area contributed by atoms with E-state index in [0.717, 1.165) is 53.6 Å². The van der Waals surface area contributed by atoms with Gasteiger partial charge in [0.05, 0.1) is 44.7 Å². The van der Waals surface area contributed by atoms with Crippen molar-refractivity contribution in [2.75, 3.05) is 25.5 Å². The molecular weight excluding hydrogens is 557 g/mol. The number of halogens is 3. The lowest BCUT2D eigenvalue weighted by molar-refractivity contribution is 0.0859. The van der Waals surface area contributed by atoms with Gasteiger partial charge in [-0.25, -0.2) is 0 Å². The van der Waals surface area contributed by atoms with Crippen molar-refractivity contribution in [3.05, 3.63) is 64.5 Å². The van der Waals surface area contributed by atoms with E-state index in [4.69, 9.17) is 23.2 Å². The van der Waals surface area contributed by atoms with Gasteiger partial charge in [0, 0.05) is 23.2 Å². The number of nitrogens with zero attached hydrogens (tertiary/aromatic N) is 4. The predicted molar refractivity (Wildman–Crippen MR) is 161 cm³/mol. The molecule has 3 heterocycles. The fourth-order valence-electron chi connectivity index (χ4n) is 4.82. The minimum atomic E-state index is -0.598. The van der Waals surface area contributed by atoms with Crippen LogP contribution in [0.4, 0.5) is 11.4 Å². The molecule has 2 N–H and O–H groups in total. The molecule has 7 nitrogen and oxygen atoms in total. The summed E-state index contributed by atoms with van der Waals surface area (Å²) in [6.45, 7) is 7.79. The van der Waals surface area contributed by atoms with Gasteiger partial charge in [0.2, 0.25) is 0 Å². The summed E-state index contributed by atoms with van der Waals surface area (Å²) in [5, 5.41) is 19.3. The molecule has 4 aromatic rings. The Hall–Kier alpha value is -2.84. The predicted octanol–water partition coefficient (Wildman–Crippen LogP) is 7.77. The molecule has 39 heavy (non-hydrogen) atoms. The Morgan fingerprint density at radius 2 is 1.72 bits per heavy atom. The molecule has 0 aliphatic carbocycles. The molecule has 2 aromatic heterocycles. The number of hydrogen-bond donors (Lipinski definition) is 2. The number of carbonyl (C=O) groups is 1. The topological polar surface area (TPSA) is 83.3 Å². The van der Waals surface area contributed by atoms with Crippen LogP contribution in [0.25, 0.3) is 22.0 Å². The zero-order chi connectivity index (χ0) is 27.2. The molecule has 1 saturated heterocycles. The maximum atomic E-state index is 13.5. The number of piperidine rings is 1. The van der Waals surface area contributed by atoms with Gasteiger partial charge < -0.3 is 15.3 Å². The van der Waals surface area contributed by atoms with E-state index in [1.807, 2.05) is 49.8 Å². The first kappa shape index (κ1) is 29.2. The van der Waals surface area contributed by atoms with Crippen LogP contribution in [-0.4, -0.2) is 50.7 Å². The minimum Gasteiger partial charge on any atom is -0.505 e. The number of aromatic nitrogens is 3. The van der Waals surface area contributed by atoms with Crippen molar-refractivity contribution in [2.24, 2.45) is 5.41 Å². The van der Waals surface area contributed by atoms with Gasteiger partial charge in [0.25, 0.3) is 0 Å². The van der Waals surface area contributed by atoms with Crippen molar-refractivity contribution in [1.29, 1.82) is 0 Å². The molecule has 5 rings (SSSR count). The number of rotatable bonds is 5. The van der Waals surface area contributed by atoms with E-state index in [1.165, 1.54) is 0 Å². The SMILES string of the molecule is CN1CCC(n2cc(Nc3c(C(=O)C(C)(C)C)cnc4ccc(-c5cc(Cl)c(O)c(Cl)c5)cc34)cn2)CC1.Cl. The highest BCUT2D eigenvalue weighted by Gasteiger charge is 2.27. The van der Waals surface area contributed by atoms with E-state index in [2.05, 4.69) is 27.3 Å². The average molecular weight is 589 g/mol. The summed E-state index contributed by atoms with van der Waals surface area (Å²) >= 11 is 12.4. The van der Waals surface area contributed by atoms with Crippen LogP contribution in [0.5, 0.6) is 5.75 Å². The molecule has 1 fully saturated rings. The van der Waals surface area contributed by atoms with Gasteiger partial charge in [-0.15, -0.1) is 12.4 Å². The first-order valence-corrected chi connectivity index (χ1v) is 13.4. The summed E-state index contributed by atoms with van der Waals surface area (Å²) in [6, 6.07) is 9.46. The normalized spacial score (nSPS) is 14.8. The number of Topliss-reactive ketones (excluding diaryl/α,β-unsaturated/α-hetero) is 1. The zero-order valence-electron chi connectivity index (χ0n) is 22.3. The Balaban J connectivity index is 0.00000353. The van der Waals surface area contributed by atoms with Crippen molar-refractivity contribution >= 4 is 63.7 Å². The number of fused-ring (bicyclic) bond motifs is 1. The van der Waals surface area contributed by atoms with Gasteiger partial charge in [-0.1, -0.05) is 50.0 Å². The molecule has 10 heteroatoms. The number of hydrogen-bond acceptors (Lipinski definition) is 6. The molecule has 206 valence electrons. The Labute approximate surface area is 244 Å². The van der Waals surface area contributed by atoms with Gasteiger partial charge in [0.15, 0.2) is 11.5 Å². The Morgan fingerprint density at radius 3 is 2.36 bits per heavy atom. The fraction of sp³-hybridized carbons (Fsp3) is 0.345. The van der Waals surface area contributed by atoms with Crippen molar-refractivity contribution in [1.82, 2.24) is 19.7 Å². The second-order valence-electron chi connectivity index (χ2n) is 11.0. The molecule has 0 bridgehead atoms. The summed E-state index contributed by atoms with van der Waals surface area (Å²) in [5.41, 5.74) is 3.70. The maximum absolute atomic E-state index is 13.5. The smallest absolute Gasteiger partial charge is 0.171 e. The van der Waals surface area contributed by atoms with E-state index in [-0.39, 0.29) is 34.0 Å². The first-order chi connectivity index (χ1) is 18.0. The van der Waals surface area contributed by atoms with Crippen LogP contribution in [0, 0.1) is 5.41 Å². The van der Waals surface area contributed by atoms with E-state index in [0.29, 0.717) is 17.3 Å². The summed E-state index contributed by atoms with van der Waals surface area (Å²) in [5.74, 6) is -0.167. The molecule has 0 unspecified atom stereocenters. The van der Waals surface area contributed by atoms with Crippen LogP contribution in [0.2, 0.25) is 10.0 Å². The lowest BCUT2D eigenvalue weighted by atomic mass is 9.85. The monoisotopic (exact) mass is 587 g/mol. The number of pyridine rings is 1. The number of ketones is 1. The van der Waals surface area contributed by atoms with E-state index < -0.39 is 5.41 Å². The summed E-state index contributed by atoms with van der Waals surface area (Å²) < 4.78 is 2.02. The van der Waals surface area contributed by atoms with E-state index in [9.17, 15) is 9.90 Å². The summed E-state index contributed by atoms with van der Waals surface area (Å²) in [7, 11) is 2.14. The number of phenols is 1. The van der Waals surface area contributed by atoms with Crippen LogP contribution in [-0.2, 0) is 0 Å². The molecule has 0 radical (unpaired) electrons. The number of nitrogens with one attached hydrogen (secondary N) is 1. The number of benzene rings is 2. The standard InChI is InChI=1S/C29H31Cl2N5O2.ClH/c1-29(2,3)28(38)22-15-32-25-6-5-17(18-12-23(30)27(37)24(31)13-18)11-21(25)26(22)34-19-14-33-36(16-19)20-7-9-35(4)10-8-20;/h5-6,11-16,20,37H,7-10H2,1-4H3,(H,32,34);1H. The van der Waals surface area contributed by atoms with Crippen molar-refractivity contribution in [3.8, 4) is 16.9 Å². The third-order valence-electron chi connectivity index (χ3n) is 7.08. The average Bonchev–Trinajstić information content (AvgIpc) is 3.35. The van der Waals surface area contributed by atoms with E-state index in [1.54, 1.807) is 24.5 Å². The van der Waals surface area contributed by atoms with Gasteiger partial charge in [0.1, 0.15) is 0 Å². The highest BCUT2D eigenvalue weighted by atomic mass is 35.5. The minimum absolute atomic E-state index is 0. The molecule has 0 atom stereocenters. The largest absolute Gasteiger partial charge is 0.505 e. The van der Waals surface area contributed by atoms with Crippen LogP contribution in [0.1, 0.15) is 50.0 Å².